The molecule has 1 aliphatic rings. The van der Waals surface area contributed by atoms with E-state index in [-0.39, 0.29) is 0 Å². The quantitative estimate of drug-likeness (QED) is 0.200. The molecule has 39 heavy (non-hydrogen) atoms. The van der Waals surface area contributed by atoms with Gasteiger partial charge in [-0.25, -0.2) is 0 Å². The molecule has 0 saturated heterocycles. The van der Waals surface area contributed by atoms with Crippen LogP contribution in [0.25, 0.3) is 16.6 Å². The van der Waals surface area contributed by atoms with Gasteiger partial charge in [0.05, 0.1) is 11.1 Å². The molecule has 1 saturated carbocycles. The SMILES string of the molecule is FC(F)(F)c1cccc(-n2cc(CN(CCCCNC3CCCCC3)Cc3cccnc3)c3ccccc32)c1. The van der Waals surface area contributed by atoms with Gasteiger partial charge in [-0.2, -0.15) is 13.2 Å². The predicted molar refractivity (Wildman–Crippen MR) is 151 cm³/mol. The lowest BCUT2D eigenvalue weighted by Crippen LogP contribution is -2.32. The van der Waals surface area contributed by atoms with E-state index in [9.17, 15) is 13.2 Å². The molecular formula is C32H37F3N4. The number of hydrogen-bond donors (Lipinski definition) is 1. The second kappa shape index (κ2) is 12.8. The van der Waals surface area contributed by atoms with E-state index in [0.29, 0.717) is 18.3 Å². The molecule has 1 aliphatic carbocycles. The zero-order valence-corrected chi connectivity index (χ0v) is 22.3. The second-order valence-electron chi connectivity index (χ2n) is 10.7. The number of nitrogens with zero attached hydrogens (tertiary/aromatic N) is 3. The van der Waals surface area contributed by atoms with Gasteiger partial charge in [0, 0.05) is 48.8 Å². The molecule has 0 radical (unpaired) electrons. The number of pyridine rings is 1. The maximum Gasteiger partial charge on any atom is 0.416 e. The first-order valence-electron chi connectivity index (χ1n) is 14.1. The van der Waals surface area contributed by atoms with E-state index in [1.54, 1.807) is 12.3 Å². The van der Waals surface area contributed by atoms with Crippen molar-refractivity contribution in [3.05, 3.63) is 95.9 Å². The maximum absolute atomic E-state index is 13.4. The third-order valence-electron chi connectivity index (χ3n) is 7.71. The zero-order valence-electron chi connectivity index (χ0n) is 22.3. The minimum atomic E-state index is -4.38. The number of alkyl halides is 3. The van der Waals surface area contributed by atoms with Gasteiger partial charge in [0.1, 0.15) is 0 Å². The van der Waals surface area contributed by atoms with Crippen LogP contribution in [-0.4, -0.2) is 33.6 Å². The summed E-state index contributed by atoms with van der Waals surface area (Å²) in [7, 11) is 0. The van der Waals surface area contributed by atoms with Gasteiger partial charge in [0.2, 0.25) is 0 Å². The summed E-state index contributed by atoms with van der Waals surface area (Å²) in [6.45, 7) is 3.45. The van der Waals surface area contributed by atoms with Gasteiger partial charge in [0.15, 0.2) is 0 Å². The van der Waals surface area contributed by atoms with Crippen LogP contribution in [0.5, 0.6) is 0 Å². The number of nitrogens with one attached hydrogen (secondary N) is 1. The highest BCUT2D eigenvalue weighted by atomic mass is 19.4. The van der Waals surface area contributed by atoms with Gasteiger partial charge in [-0.3, -0.25) is 9.88 Å². The minimum Gasteiger partial charge on any atom is -0.316 e. The number of rotatable bonds is 11. The Bertz CT molecular complexity index is 1330. The number of fused-ring (bicyclic) bond motifs is 1. The standard InChI is InChI=1S/C32H37F3N4/c33-32(34,35)27-11-8-14-29(20-27)39-24-26(30-15-4-5-16-31(30)39)23-38(22-25-10-9-17-36-21-25)19-7-6-18-37-28-12-2-1-3-13-28/h4-5,8-11,14-17,20-21,24,28,37H,1-3,6-7,12-13,18-19,22-23H2. The molecule has 5 rings (SSSR count). The van der Waals surface area contributed by atoms with Crippen molar-refractivity contribution in [2.24, 2.45) is 0 Å². The van der Waals surface area contributed by atoms with Crippen molar-refractivity contribution in [2.75, 3.05) is 13.1 Å². The lowest BCUT2D eigenvalue weighted by molar-refractivity contribution is -0.137. The van der Waals surface area contributed by atoms with Gasteiger partial charge in [0.25, 0.3) is 0 Å². The molecule has 1 N–H and O–H groups in total. The Hall–Kier alpha value is -3.16. The van der Waals surface area contributed by atoms with E-state index in [0.717, 1.165) is 60.6 Å². The van der Waals surface area contributed by atoms with E-state index in [4.69, 9.17) is 0 Å². The minimum absolute atomic E-state index is 0.514. The van der Waals surface area contributed by atoms with Crippen LogP contribution < -0.4 is 5.32 Å². The molecular weight excluding hydrogens is 497 g/mol. The molecule has 2 heterocycles. The summed E-state index contributed by atoms with van der Waals surface area (Å²) in [5.74, 6) is 0. The molecule has 0 amide bonds. The molecule has 4 nitrogen and oxygen atoms in total. The third-order valence-corrected chi connectivity index (χ3v) is 7.71. The monoisotopic (exact) mass is 534 g/mol. The first-order chi connectivity index (χ1) is 19.0. The first kappa shape index (κ1) is 27.4. The lowest BCUT2D eigenvalue weighted by atomic mass is 9.95. The Morgan fingerprint density at radius 1 is 0.923 bits per heavy atom. The summed E-state index contributed by atoms with van der Waals surface area (Å²) in [5, 5.41) is 4.80. The van der Waals surface area contributed by atoms with E-state index in [1.807, 2.05) is 41.2 Å². The summed E-state index contributed by atoms with van der Waals surface area (Å²) in [6.07, 6.45) is 10.1. The number of unbranched alkanes of at least 4 members (excludes halogenated alkanes) is 1. The van der Waals surface area contributed by atoms with E-state index < -0.39 is 11.7 Å². The molecule has 0 atom stereocenters. The fraction of sp³-hybridized carbons (Fsp3) is 0.406. The summed E-state index contributed by atoms with van der Waals surface area (Å²) in [5.41, 5.74) is 3.04. The maximum atomic E-state index is 13.4. The second-order valence-corrected chi connectivity index (χ2v) is 10.7. The summed E-state index contributed by atoms with van der Waals surface area (Å²) >= 11 is 0. The Kier molecular flexibility index (Phi) is 8.99. The fourth-order valence-electron chi connectivity index (χ4n) is 5.70. The lowest BCUT2D eigenvalue weighted by Gasteiger charge is -2.24. The van der Waals surface area contributed by atoms with Crippen LogP contribution >= 0.6 is 0 Å². The molecule has 4 aromatic rings. The van der Waals surface area contributed by atoms with Crippen LogP contribution in [0.2, 0.25) is 0 Å². The van der Waals surface area contributed by atoms with Crippen molar-refractivity contribution in [1.29, 1.82) is 0 Å². The van der Waals surface area contributed by atoms with E-state index >= 15 is 0 Å². The molecule has 0 aliphatic heterocycles. The van der Waals surface area contributed by atoms with Crippen LogP contribution in [0.3, 0.4) is 0 Å². The highest BCUT2D eigenvalue weighted by molar-refractivity contribution is 5.85. The third kappa shape index (κ3) is 7.28. The Morgan fingerprint density at radius 2 is 1.77 bits per heavy atom. The van der Waals surface area contributed by atoms with Crippen molar-refractivity contribution in [3.63, 3.8) is 0 Å². The normalized spacial score (nSPS) is 14.9. The van der Waals surface area contributed by atoms with Gasteiger partial charge in [-0.15, -0.1) is 0 Å². The highest BCUT2D eigenvalue weighted by Crippen LogP contribution is 2.32. The zero-order chi connectivity index (χ0) is 27.1. The van der Waals surface area contributed by atoms with Crippen LogP contribution in [0.1, 0.15) is 61.6 Å². The van der Waals surface area contributed by atoms with Gasteiger partial charge in [-0.05, 0) is 80.2 Å². The van der Waals surface area contributed by atoms with Gasteiger partial charge >= 0.3 is 6.18 Å². The van der Waals surface area contributed by atoms with E-state index in [1.165, 1.54) is 44.2 Å². The Morgan fingerprint density at radius 3 is 2.56 bits per heavy atom. The number of para-hydroxylation sites is 1. The Balaban J connectivity index is 1.33. The van der Waals surface area contributed by atoms with Crippen molar-refractivity contribution in [2.45, 2.75) is 70.3 Å². The average Bonchev–Trinajstić information content (AvgIpc) is 3.32. The molecule has 2 aromatic heterocycles. The summed E-state index contributed by atoms with van der Waals surface area (Å²) < 4.78 is 42.2. The van der Waals surface area contributed by atoms with Crippen molar-refractivity contribution in [3.8, 4) is 5.69 Å². The number of hydrogen-bond acceptors (Lipinski definition) is 3. The van der Waals surface area contributed by atoms with Crippen LogP contribution in [0, 0.1) is 0 Å². The molecule has 0 spiro atoms. The van der Waals surface area contributed by atoms with Gasteiger partial charge in [-0.1, -0.05) is 49.6 Å². The number of aromatic nitrogens is 2. The van der Waals surface area contributed by atoms with Crippen molar-refractivity contribution in [1.82, 2.24) is 19.8 Å². The Labute approximate surface area is 228 Å². The average molecular weight is 535 g/mol. The smallest absolute Gasteiger partial charge is 0.316 e. The van der Waals surface area contributed by atoms with Gasteiger partial charge < -0.3 is 9.88 Å². The van der Waals surface area contributed by atoms with Crippen molar-refractivity contribution >= 4 is 10.9 Å². The number of halogens is 3. The van der Waals surface area contributed by atoms with Crippen LogP contribution in [0.15, 0.2) is 79.3 Å². The molecule has 0 unspecified atom stereocenters. The molecule has 7 heteroatoms. The van der Waals surface area contributed by atoms with Crippen LogP contribution in [-0.2, 0) is 19.3 Å². The number of benzene rings is 2. The highest BCUT2D eigenvalue weighted by Gasteiger charge is 2.30. The summed E-state index contributed by atoms with van der Waals surface area (Å²) in [6, 6.07) is 18.2. The largest absolute Gasteiger partial charge is 0.416 e. The first-order valence-corrected chi connectivity index (χ1v) is 14.1. The molecule has 2 aromatic carbocycles. The fourth-order valence-corrected chi connectivity index (χ4v) is 5.70. The topological polar surface area (TPSA) is 33.1 Å². The summed E-state index contributed by atoms with van der Waals surface area (Å²) in [4.78, 5) is 6.72. The van der Waals surface area contributed by atoms with E-state index in [2.05, 4.69) is 27.3 Å². The predicted octanol–water partition coefficient (Wildman–Crippen LogP) is 7.75. The molecule has 1 fully saturated rings. The molecule has 0 bridgehead atoms. The molecule has 206 valence electrons. The van der Waals surface area contributed by atoms with Crippen molar-refractivity contribution < 1.29 is 13.2 Å². The van der Waals surface area contributed by atoms with Crippen LogP contribution in [0.4, 0.5) is 13.2 Å².